The Hall–Kier alpha value is -1.42. The number of pyridine rings is 1. The number of hydrogen-bond acceptors (Lipinski definition) is 3. The SMILES string of the molecule is Cc1ccc(NC(=O)[C@@H]2CCCO[C@H]2C)nc1. The van der Waals surface area contributed by atoms with E-state index in [9.17, 15) is 4.79 Å². The molecule has 0 unspecified atom stereocenters. The van der Waals surface area contributed by atoms with Gasteiger partial charge in [-0.1, -0.05) is 6.07 Å². The fourth-order valence-corrected chi connectivity index (χ4v) is 2.03. The van der Waals surface area contributed by atoms with E-state index in [1.165, 1.54) is 0 Å². The molecule has 0 spiro atoms. The normalized spacial score (nSPS) is 24.4. The van der Waals surface area contributed by atoms with Crippen LogP contribution in [0, 0.1) is 12.8 Å². The van der Waals surface area contributed by atoms with E-state index in [-0.39, 0.29) is 17.9 Å². The molecule has 0 bridgehead atoms. The number of aromatic nitrogens is 1. The Morgan fingerprint density at radius 2 is 2.35 bits per heavy atom. The molecule has 1 amide bonds. The first-order chi connectivity index (χ1) is 8.16. The minimum Gasteiger partial charge on any atom is -0.378 e. The minimum atomic E-state index is -0.0631. The van der Waals surface area contributed by atoms with Crippen LogP contribution in [0.1, 0.15) is 25.3 Å². The number of anilines is 1. The van der Waals surface area contributed by atoms with Gasteiger partial charge in [-0.3, -0.25) is 4.79 Å². The molecule has 2 heterocycles. The Kier molecular flexibility index (Phi) is 3.74. The Bertz CT molecular complexity index is 389. The second-order valence-corrected chi connectivity index (χ2v) is 4.53. The molecule has 1 aliphatic heterocycles. The van der Waals surface area contributed by atoms with Gasteiger partial charge in [-0.25, -0.2) is 4.98 Å². The molecule has 2 atom stereocenters. The number of amides is 1. The fourth-order valence-electron chi connectivity index (χ4n) is 2.03. The van der Waals surface area contributed by atoms with E-state index in [4.69, 9.17) is 4.74 Å². The van der Waals surface area contributed by atoms with E-state index in [2.05, 4.69) is 10.3 Å². The molecule has 17 heavy (non-hydrogen) atoms. The topological polar surface area (TPSA) is 51.2 Å². The summed E-state index contributed by atoms with van der Waals surface area (Å²) in [5.74, 6) is 0.554. The van der Waals surface area contributed by atoms with Gasteiger partial charge in [0, 0.05) is 12.8 Å². The van der Waals surface area contributed by atoms with Crippen molar-refractivity contribution in [3.05, 3.63) is 23.9 Å². The van der Waals surface area contributed by atoms with Crippen molar-refractivity contribution >= 4 is 11.7 Å². The Morgan fingerprint density at radius 3 is 3.00 bits per heavy atom. The lowest BCUT2D eigenvalue weighted by molar-refractivity contribution is -0.127. The van der Waals surface area contributed by atoms with Crippen molar-refractivity contribution in [1.29, 1.82) is 0 Å². The molecular formula is C13H18N2O2. The molecule has 0 aromatic carbocycles. The van der Waals surface area contributed by atoms with Gasteiger partial charge in [-0.2, -0.15) is 0 Å². The van der Waals surface area contributed by atoms with Crippen molar-refractivity contribution in [3.8, 4) is 0 Å². The number of carbonyl (C=O) groups is 1. The maximum atomic E-state index is 12.0. The first kappa shape index (κ1) is 12.0. The van der Waals surface area contributed by atoms with Crippen molar-refractivity contribution in [2.45, 2.75) is 32.8 Å². The lowest BCUT2D eigenvalue weighted by atomic mass is 9.94. The zero-order valence-electron chi connectivity index (χ0n) is 10.3. The van der Waals surface area contributed by atoms with Gasteiger partial charge in [0.2, 0.25) is 5.91 Å². The van der Waals surface area contributed by atoms with E-state index < -0.39 is 0 Å². The molecule has 1 fully saturated rings. The third-order valence-electron chi connectivity index (χ3n) is 3.11. The highest BCUT2D eigenvalue weighted by atomic mass is 16.5. The molecule has 1 aromatic heterocycles. The smallest absolute Gasteiger partial charge is 0.231 e. The van der Waals surface area contributed by atoms with Crippen molar-refractivity contribution in [1.82, 2.24) is 4.98 Å². The van der Waals surface area contributed by atoms with Gasteiger partial charge < -0.3 is 10.1 Å². The molecule has 0 radical (unpaired) electrons. The van der Waals surface area contributed by atoms with Crippen molar-refractivity contribution < 1.29 is 9.53 Å². The minimum absolute atomic E-state index is 0.00537. The first-order valence-corrected chi connectivity index (χ1v) is 6.02. The summed E-state index contributed by atoms with van der Waals surface area (Å²) in [6, 6.07) is 3.75. The summed E-state index contributed by atoms with van der Waals surface area (Å²) in [4.78, 5) is 16.2. The molecular weight excluding hydrogens is 216 g/mol. The second-order valence-electron chi connectivity index (χ2n) is 4.53. The van der Waals surface area contributed by atoms with Crippen molar-refractivity contribution in [3.63, 3.8) is 0 Å². The molecule has 0 aliphatic carbocycles. The Morgan fingerprint density at radius 1 is 1.53 bits per heavy atom. The average Bonchev–Trinajstić information content (AvgIpc) is 2.32. The summed E-state index contributed by atoms with van der Waals surface area (Å²) in [5.41, 5.74) is 1.08. The average molecular weight is 234 g/mol. The van der Waals surface area contributed by atoms with Crippen LogP contribution in [0.25, 0.3) is 0 Å². The Labute approximate surface area is 101 Å². The largest absolute Gasteiger partial charge is 0.378 e. The van der Waals surface area contributed by atoms with Crippen molar-refractivity contribution in [2.24, 2.45) is 5.92 Å². The summed E-state index contributed by atoms with van der Waals surface area (Å²) in [5, 5.41) is 2.84. The Balaban J connectivity index is 1.98. The van der Waals surface area contributed by atoms with Gasteiger partial charge in [0.1, 0.15) is 5.82 Å². The third kappa shape index (κ3) is 3.03. The quantitative estimate of drug-likeness (QED) is 0.853. The highest BCUT2D eigenvalue weighted by molar-refractivity contribution is 5.92. The van der Waals surface area contributed by atoms with Crippen LogP contribution in [0.2, 0.25) is 0 Å². The fraction of sp³-hybridized carbons (Fsp3) is 0.538. The molecule has 1 saturated heterocycles. The van der Waals surface area contributed by atoms with E-state index in [1.54, 1.807) is 6.20 Å². The lowest BCUT2D eigenvalue weighted by Crippen LogP contribution is -2.36. The van der Waals surface area contributed by atoms with Crippen molar-refractivity contribution in [2.75, 3.05) is 11.9 Å². The van der Waals surface area contributed by atoms with Crippen LogP contribution in [-0.2, 0) is 9.53 Å². The number of nitrogens with zero attached hydrogens (tertiary/aromatic N) is 1. The van der Waals surface area contributed by atoms with Crippen LogP contribution in [0.15, 0.2) is 18.3 Å². The molecule has 1 N–H and O–H groups in total. The van der Waals surface area contributed by atoms with Gasteiger partial charge >= 0.3 is 0 Å². The number of aryl methyl sites for hydroxylation is 1. The van der Waals surface area contributed by atoms with Gasteiger partial charge in [0.25, 0.3) is 0 Å². The maximum Gasteiger partial charge on any atom is 0.231 e. The molecule has 2 rings (SSSR count). The molecule has 4 heteroatoms. The van der Waals surface area contributed by atoms with E-state index in [0.29, 0.717) is 5.82 Å². The predicted molar refractivity (Wildman–Crippen MR) is 65.7 cm³/mol. The van der Waals surface area contributed by atoms with Gasteiger partial charge in [-0.15, -0.1) is 0 Å². The number of rotatable bonds is 2. The van der Waals surface area contributed by atoms with Gasteiger partial charge in [-0.05, 0) is 38.3 Å². The highest BCUT2D eigenvalue weighted by Crippen LogP contribution is 2.21. The van der Waals surface area contributed by atoms with E-state index in [0.717, 1.165) is 25.0 Å². The highest BCUT2D eigenvalue weighted by Gasteiger charge is 2.28. The van der Waals surface area contributed by atoms with Crippen LogP contribution in [0.3, 0.4) is 0 Å². The second kappa shape index (κ2) is 5.27. The summed E-state index contributed by atoms with van der Waals surface area (Å²) >= 11 is 0. The summed E-state index contributed by atoms with van der Waals surface area (Å²) in [6.07, 6.45) is 3.58. The van der Waals surface area contributed by atoms with Crippen LogP contribution in [-0.4, -0.2) is 23.6 Å². The number of ether oxygens (including phenoxy) is 1. The summed E-state index contributed by atoms with van der Waals surface area (Å²) < 4.78 is 5.49. The van der Waals surface area contributed by atoms with E-state index >= 15 is 0 Å². The molecule has 1 aromatic rings. The monoisotopic (exact) mass is 234 g/mol. The molecule has 0 saturated carbocycles. The van der Waals surface area contributed by atoms with E-state index in [1.807, 2.05) is 26.0 Å². The lowest BCUT2D eigenvalue weighted by Gasteiger charge is -2.27. The number of nitrogens with one attached hydrogen (secondary N) is 1. The summed E-state index contributed by atoms with van der Waals surface area (Å²) in [6.45, 7) is 4.68. The van der Waals surface area contributed by atoms with Crippen LogP contribution >= 0.6 is 0 Å². The van der Waals surface area contributed by atoms with Crippen LogP contribution in [0.5, 0.6) is 0 Å². The summed E-state index contributed by atoms with van der Waals surface area (Å²) in [7, 11) is 0. The number of carbonyl (C=O) groups excluding carboxylic acids is 1. The van der Waals surface area contributed by atoms with Crippen LogP contribution in [0.4, 0.5) is 5.82 Å². The van der Waals surface area contributed by atoms with Gasteiger partial charge in [0.05, 0.1) is 12.0 Å². The maximum absolute atomic E-state index is 12.0. The van der Waals surface area contributed by atoms with Crippen LogP contribution < -0.4 is 5.32 Å². The molecule has 92 valence electrons. The third-order valence-corrected chi connectivity index (χ3v) is 3.11. The standard InChI is InChI=1S/C13H18N2O2/c1-9-5-6-12(14-8-9)15-13(16)11-4-3-7-17-10(11)2/h5-6,8,10-11H,3-4,7H2,1-2H3,(H,14,15,16)/t10-,11+/m0/s1. The predicted octanol–water partition coefficient (Wildman–Crippen LogP) is 2.14. The number of hydrogen-bond donors (Lipinski definition) is 1. The first-order valence-electron chi connectivity index (χ1n) is 6.02. The molecule has 4 nitrogen and oxygen atoms in total. The zero-order chi connectivity index (χ0) is 12.3. The van der Waals surface area contributed by atoms with Gasteiger partial charge in [0.15, 0.2) is 0 Å². The molecule has 1 aliphatic rings. The zero-order valence-corrected chi connectivity index (χ0v) is 10.3.